The molecule has 1 saturated heterocycles. The van der Waals surface area contributed by atoms with E-state index in [1.807, 2.05) is 49.3 Å². The van der Waals surface area contributed by atoms with Crippen molar-refractivity contribution < 1.29 is 14.3 Å². The minimum Gasteiger partial charge on any atom is -0.370 e. The van der Waals surface area contributed by atoms with Crippen molar-refractivity contribution in [2.45, 2.75) is 32.4 Å². The number of amides is 2. The quantitative estimate of drug-likeness (QED) is 0.526. The molecule has 3 aromatic rings. The Kier molecular flexibility index (Phi) is 6.88. The maximum atomic E-state index is 12.6. The number of rotatable bonds is 8. The number of nitrogens with zero attached hydrogens (tertiary/aromatic N) is 5. The molecule has 1 aromatic carbocycles. The van der Waals surface area contributed by atoms with E-state index in [1.54, 1.807) is 17.0 Å². The second-order valence-corrected chi connectivity index (χ2v) is 8.48. The number of nitrogens with two attached hydrogens (primary N) is 1. The standard InChI is InChI=1S/C24H30N6O3/c1-17-14-26-24(27-15-17)30-9-6-20(7-10-30)28(2)22(31)16-33-12-11-29-8-5-18-3-4-19(23(25)32)13-21(18)29/h3-5,8,13-15,20H,6-7,9-12,16H2,1-2H3,(H2,25,32). The number of piperidine rings is 1. The summed E-state index contributed by atoms with van der Waals surface area (Å²) in [5.74, 6) is 0.275. The van der Waals surface area contributed by atoms with Gasteiger partial charge in [-0.1, -0.05) is 6.07 Å². The van der Waals surface area contributed by atoms with Crippen LogP contribution in [0.3, 0.4) is 0 Å². The summed E-state index contributed by atoms with van der Waals surface area (Å²) < 4.78 is 7.67. The van der Waals surface area contributed by atoms with Crippen molar-refractivity contribution in [1.29, 1.82) is 0 Å². The van der Waals surface area contributed by atoms with E-state index in [0.717, 1.165) is 48.3 Å². The van der Waals surface area contributed by atoms with Gasteiger partial charge in [0.1, 0.15) is 6.61 Å². The van der Waals surface area contributed by atoms with E-state index in [9.17, 15) is 9.59 Å². The van der Waals surface area contributed by atoms with Crippen LogP contribution in [-0.2, 0) is 16.1 Å². The predicted molar refractivity (Wildman–Crippen MR) is 126 cm³/mol. The van der Waals surface area contributed by atoms with Gasteiger partial charge in [-0.15, -0.1) is 0 Å². The Morgan fingerprint density at radius 2 is 1.91 bits per heavy atom. The highest BCUT2D eigenvalue weighted by Crippen LogP contribution is 2.20. The molecule has 1 aliphatic heterocycles. The van der Waals surface area contributed by atoms with Crippen LogP contribution >= 0.6 is 0 Å². The zero-order valence-corrected chi connectivity index (χ0v) is 19.1. The molecule has 33 heavy (non-hydrogen) atoms. The van der Waals surface area contributed by atoms with E-state index in [2.05, 4.69) is 14.9 Å². The third-order valence-corrected chi connectivity index (χ3v) is 6.22. The zero-order valence-electron chi connectivity index (χ0n) is 19.1. The van der Waals surface area contributed by atoms with Gasteiger partial charge in [-0.05, 0) is 48.9 Å². The van der Waals surface area contributed by atoms with E-state index in [1.165, 1.54) is 0 Å². The van der Waals surface area contributed by atoms with Crippen LogP contribution in [0.1, 0.15) is 28.8 Å². The number of benzene rings is 1. The molecule has 3 heterocycles. The Hall–Kier alpha value is -3.46. The third-order valence-electron chi connectivity index (χ3n) is 6.22. The fourth-order valence-corrected chi connectivity index (χ4v) is 4.16. The Labute approximate surface area is 193 Å². The number of fused-ring (bicyclic) bond motifs is 1. The Morgan fingerprint density at radius 3 is 2.61 bits per heavy atom. The molecule has 9 heteroatoms. The molecule has 0 saturated carbocycles. The highest BCUT2D eigenvalue weighted by atomic mass is 16.5. The highest BCUT2D eigenvalue weighted by Gasteiger charge is 2.26. The topological polar surface area (TPSA) is 107 Å². The zero-order chi connectivity index (χ0) is 23.4. The lowest BCUT2D eigenvalue weighted by molar-refractivity contribution is -0.137. The van der Waals surface area contributed by atoms with Crippen LogP contribution < -0.4 is 10.6 Å². The van der Waals surface area contributed by atoms with Gasteiger partial charge in [0.05, 0.1) is 6.61 Å². The molecule has 0 aliphatic carbocycles. The van der Waals surface area contributed by atoms with Gasteiger partial charge in [0.25, 0.3) is 0 Å². The Balaban J connectivity index is 1.22. The first kappa shape index (κ1) is 22.7. The molecule has 0 atom stereocenters. The summed E-state index contributed by atoms with van der Waals surface area (Å²) in [7, 11) is 1.85. The van der Waals surface area contributed by atoms with Crippen LogP contribution in [-0.4, -0.2) is 70.6 Å². The number of aromatic nitrogens is 3. The summed E-state index contributed by atoms with van der Waals surface area (Å²) in [4.78, 5) is 36.8. The van der Waals surface area contributed by atoms with Gasteiger partial charge in [-0.3, -0.25) is 9.59 Å². The lowest BCUT2D eigenvalue weighted by Crippen LogP contribution is -2.47. The van der Waals surface area contributed by atoms with Crippen LogP contribution in [0.2, 0.25) is 0 Å². The van der Waals surface area contributed by atoms with Gasteiger partial charge in [-0.25, -0.2) is 9.97 Å². The molecular formula is C24H30N6O3. The van der Waals surface area contributed by atoms with E-state index in [0.29, 0.717) is 18.7 Å². The van der Waals surface area contributed by atoms with E-state index in [-0.39, 0.29) is 18.6 Å². The number of likely N-dealkylation sites (N-methyl/N-ethyl adjacent to an activating group) is 1. The molecule has 9 nitrogen and oxygen atoms in total. The van der Waals surface area contributed by atoms with Crippen molar-refractivity contribution in [2.75, 3.05) is 38.3 Å². The van der Waals surface area contributed by atoms with Gasteiger partial charge < -0.3 is 24.8 Å². The maximum absolute atomic E-state index is 12.6. The van der Waals surface area contributed by atoms with Crippen molar-refractivity contribution in [3.63, 3.8) is 0 Å². The van der Waals surface area contributed by atoms with Gasteiger partial charge in [0.15, 0.2) is 0 Å². The lowest BCUT2D eigenvalue weighted by atomic mass is 10.0. The molecule has 174 valence electrons. The van der Waals surface area contributed by atoms with Crippen molar-refractivity contribution in [3.05, 3.63) is 54.0 Å². The second kappa shape index (κ2) is 9.99. The third kappa shape index (κ3) is 5.31. The number of hydrogen-bond acceptors (Lipinski definition) is 6. The summed E-state index contributed by atoms with van der Waals surface area (Å²) in [6.45, 7) is 4.63. The molecule has 0 radical (unpaired) electrons. The normalized spacial score (nSPS) is 14.5. The van der Waals surface area contributed by atoms with E-state index < -0.39 is 5.91 Å². The monoisotopic (exact) mass is 450 g/mol. The minimum absolute atomic E-state index is 0.0200. The molecule has 2 aromatic heterocycles. The van der Waals surface area contributed by atoms with Crippen LogP contribution in [0, 0.1) is 6.92 Å². The summed E-state index contributed by atoms with van der Waals surface area (Å²) in [5.41, 5.74) is 7.82. The lowest BCUT2D eigenvalue weighted by Gasteiger charge is -2.36. The Morgan fingerprint density at radius 1 is 1.18 bits per heavy atom. The van der Waals surface area contributed by atoms with Crippen LogP contribution in [0.25, 0.3) is 10.9 Å². The first-order chi connectivity index (χ1) is 15.9. The molecule has 1 fully saturated rings. The van der Waals surface area contributed by atoms with Crippen LogP contribution in [0.4, 0.5) is 5.95 Å². The van der Waals surface area contributed by atoms with Crippen molar-refractivity contribution >= 4 is 28.7 Å². The largest absolute Gasteiger partial charge is 0.370 e. The smallest absolute Gasteiger partial charge is 0.248 e. The number of carbonyl (C=O) groups excluding carboxylic acids is 2. The van der Waals surface area contributed by atoms with Crippen LogP contribution in [0.15, 0.2) is 42.9 Å². The fourth-order valence-electron chi connectivity index (χ4n) is 4.16. The first-order valence-corrected chi connectivity index (χ1v) is 11.2. The van der Waals surface area contributed by atoms with Gasteiger partial charge in [0.2, 0.25) is 17.8 Å². The molecule has 0 unspecified atom stereocenters. The molecule has 4 rings (SSSR count). The van der Waals surface area contributed by atoms with Gasteiger partial charge >= 0.3 is 0 Å². The number of ether oxygens (including phenoxy) is 1. The van der Waals surface area contributed by atoms with Gasteiger partial charge in [0, 0.05) is 62.4 Å². The number of carbonyl (C=O) groups is 2. The Bertz CT molecular complexity index is 1120. The summed E-state index contributed by atoms with van der Waals surface area (Å²) in [5, 5.41) is 1.03. The maximum Gasteiger partial charge on any atom is 0.248 e. The number of hydrogen-bond donors (Lipinski definition) is 1. The molecule has 1 aliphatic rings. The molecular weight excluding hydrogens is 420 g/mol. The van der Waals surface area contributed by atoms with Gasteiger partial charge in [-0.2, -0.15) is 0 Å². The summed E-state index contributed by atoms with van der Waals surface area (Å²) >= 11 is 0. The average Bonchev–Trinajstić information content (AvgIpc) is 3.24. The van der Waals surface area contributed by atoms with Crippen molar-refractivity contribution in [2.24, 2.45) is 5.73 Å². The average molecular weight is 451 g/mol. The van der Waals surface area contributed by atoms with E-state index in [4.69, 9.17) is 10.5 Å². The molecule has 0 bridgehead atoms. The minimum atomic E-state index is -0.452. The fraction of sp³-hybridized carbons (Fsp3) is 0.417. The predicted octanol–water partition coefficient (Wildman–Crippen LogP) is 1.98. The second-order valence-electron chi connectivity index (χ2n) is 8.48. The summed E-state index contributed by atoms with van der Waals surface area (Å²) in [6, 6.07) is 7.54. The van der Waals surface area contributed by atoms with Crippen molar-refractivity contribution in [3.8, 4) is 0 Å². The molecule has 2 amide bonds. The van der Waals surface area contributed by atoms with Crippen molar-refractivity contribution in [1.82, 2.24) is 19.4 Å². The SMILES string of the molecule is Cc1cnc(N2CCC(N(C)C(=O)COCCn3ccc4ccc(C(N)=O)cc43)CC2)nc1. The highest BCUT2D eigenvalue weighted by molar-refractivity contribution is 5.97. The number of aryl methyl sites for hydroxylation is 1. The molecule has 2 N–H and O–H groups in total. The van der Waals surface area contributed by atoms with Crippen LogP contribution in [0.5, 0.6) is 0 Å². The first-order valence-electron chi connectivity index (χ1n) is 11.2. The summed E-state index contributed by atoms with van der Waals surface area (Å²) in [6.07, 6.45) is 7.34. The molecule has 0 spiro atoms. The number of primary amides is 1. The number of anilines is 1. The van der Waals surface area contributed by atoms with E-state index >= 15 is 0 Å².